The standard InChI is InChI=1S/C22H30N2O3/c1-3-4-21(24-27-2)20-11-9-19(10-12-20)18-7-5-17(6-8-18)13-14-22(23,15-25)16-26/h5-12,25-26H,3-4,13-16,23H2,1-2H3/b24-21+. The van der Waals surface area contributed by atoms with E-state index in [2.05, 4.69) is 60.6 Å². The van der Waals surface area contributed by atoms with E-state index in [4.69, 9.17) is 10.6 Å². The molecule has 0 aliphatic carbocycles. The molecular formula is C22H30N2O3. The van der Waals surface area contributed by atoms with Gasteiger partial charge in [-0.2, -0.15) is 0 Å². The van der Waals surface area contributed by atoms with E-state index in [0.29, 0.717) is 12.8 Å². The molecule has 0 aromatic heterocycles. The van der Waals surface area contributed by atoms with Gasteiger partial charge in [0.05, 0.1) is 24.5 Å². The smallest absolute Gasteiger partial charge is 0.106 e. The lowest BCUT2D eigenvalue weighted by Gasteiger charge is -2.24. The molecular weight excluding hydrogens is 340 g/mol. The number of nitrogens with two attached hydrogens (primary N) is 1. The summed E-state index contributed by atoms with van der Waals surface area (Å²) in [5.41, 5.74) is 10.4. The third kappa shape index (κ3) is 5.89. The molecule has 146 valence electrons. The fraction of sp³-hybridized carbons (Fsp3) is 0.409. The maximum atomic E-state index is 9.28. The van der Waals surface area contributed by atoms with Gasteiger partial charge in [-0.15, -0.1) is 0 Å². The third-order valence-electron chi connectivity index (χ3n) is 4.74. The Morgan fingerprint density at radius 3 is 2.04 bits per heavy atom. The van der Waals surface area contributed by atoms with Crippen LogP contribution in [-0.4, -0.2) is 41.8 Å². The quantitative estimate of drug-likeness (QED) is 0.443. The molecule has 0 aliphatic heterocycles. The van der Waals surface area contributed by atoms with Crippen molar-refractivity contribution in [3.05, 3.63) is 59.7 Å². The number of aliphatic hydroxyl groups excluding tert-OH is 2. The van der Waals surface area contributed by atoms with E-state index in [1.807, 2.05) is 0 Å². The van der Waals surface area contributed by atoms with Crippen molar-refractivity contribution in [1.82, 2.24) is 0 Å². The predicted octanol–water partition coefficient (Wildman–Crippen LogP) is 3.12. The molecule has 0 amide bonds. The summed E-state index contributed by atoms with van der Waals surface area (Å²) in [6.07, 6.45) is 3.14. The Bertz CT molecular complexity index is 720. The maximum absolute atomic E-state index is 9.28. The van der Waals surface area contributed by atoms with Crippen molar-refractivity contribution >= 4 is 5.71 Å². The highest BCUT2D eigenvalue weighted by molar-refractivity contribution is 6.00. The van der Waals surface area contributed by atoms with Crippen molar-refractivity contribution in [2.75, 3.05) is 20.3 Å². The van der Waals surface area contributed by atoms with E-state index in [9.17, 15) is 10.2 Å². The summed E-state index contributed by atoms with van der Waals surface area (Å²) in [5, 5.41) is 22.7. The van der Waals surface area contributed by atoms with Crippen LogP contribution in [-0.2, 0) is 11.3 Å². The van der Waals surface area contributed by atoms with E-state index in [0.717, 1.165) is 40.8 Å². The van der Waals surface area contributed by atoms with Gasteiger partial charge in [0.15, 0.2) is 0 Å². The molecule has 2 rings (SSSR count). The molecule has 5 nitrogen and oxygen atoms in total. The normalized spacial score (nSPS) is 12.3. The summed E-state index contributed by atoms with van der Waals surface area (Å²) in [7, 11) is 1.57. The number of benzene rings is 2. The van der Waals surface area contributed by atoms with Crippen LogP contribution in [0.15, 0.2) is 53.7 Å². The summed E-state index contributed by atoms with van der Waals surface area (Å²) in [6.45, 7) is 1.68. The molecule has 0 saturated heterocycles. The lowest BCUT2D eigenvalue weighted by molar-refractivity contribution is 0.115. The summed E-state index contributed by atoms with van der Waals surface area (Å²) < 4.78 is 0. The van der Waals surface area contributed by atoms with Crippen LogP contribution in [0.3, 0.4) is 0 Å². The molecule has 0 unspecified atom stereocenters. The van der Waals surface area contributed by atoms with Crippen LogP contribution in [0, 0.1) is 0 Å². The van der Waals surface area contributed by atoms with Gasteiger partial charge >= 0.3 is 0 Å². The molecule has 0 aliphatic rings. The lowest BCUT2D eigenvalue weighted by atomic mass is 9.93. The van der Waals surface area contributed by atoms with Crippen LogP contribution >= 0.6 is 0 Å². The van der Waals surface area contributed by atoms with E-state index in [1.165, 1.54) is 0 Å². The van der Waals surface area contributed by atoms with Crippen molar-refractivity contribution in [3.8, 4) is 11.1 Å². The zero-order chi connectivity index (χ0) is 19.7. The molecule has 2 aromatic carbocycles. The predicted molar refractivity (Wildman–Crippen MR) is 110 cm³/mol. The van der Waals surface area contributed by atoms with Crippen LogP contribution in [0.1, 0.15) is 37.3 Å². The van der Waals surface area contributed by atoms with Gasteiger partial charge in [0.1, 0.15) is 7.11 Å². The first-order chi connectivity index (χ1) is 13.0. The summed E-state index contributed by atoms with van der Waals surface area (Å²) in [6, 6.07) is 16.6. The van der Waals surface area contributed by atoms with Gasteiger partial charge in [-0.05, 0) is 41.5 Å². The second-order valence-corrected chi connectivity index (χ2v) is 6.92. The number of oxime groups is 1. The zero-order valence-corrected chi connectivity index (χ0v) is 16.2. The number of hydrogen-bond donors (Lipinski definition) is 3. The summed E-state index contributed by atoms with van der Waals surface area (Å²) >= 11 is 0. The van der Waals surface area contributed by atoms with Crippen molar-refractivity contribution in [2.45, 2.75) is 38.1 Å². The molecule has 0 bridgehead atoms. The number of rotatable bonds is 10. The average Bonchev–Trinajstić information content (AvgIpc) is 2.72. The minimum Gasteiger partial charge on any atom is -0.399 e. The van der Waals surface area contributed by atoms with Gasteiger partial charge in [-0.25, -0.2) is 0 Å². The molecule has 0 heterocycles. The first-order valence-corrected chi connectivity index (χ1v) is 9.35. The van der Waals surface area contributed by atoms with Gasteiger partial charge in [0, 0.05) is 0 Å². The van der Waals surface area contributed by atoms with Crippen LogP contribution in [0.2, 0.25) is 0 Å². The van der Waals surface area contributed by atoms with Crippen LogP contribution in [0.25, 0.3) is 11.1 Å². The van der Waals surface area contributed by atoms with Crippen molar-refractivity contribution in [1.29, 1.82) is 0 Å². The Labute approximate surface area is 161 Å². The first-order valence-electron chi connectivity index (χ1n) is 9.35. The summed E-state index contributed by atoms with van der Waals surface area (Å²) in [4.78, 5) is 4.95. The topological polar surface area (TPSA) is 88.1 Å². The van der Waals surface area contributed by atoms with E-state index < -0.39 is 5.54 Å². The fourth-order valence-corrected chi connectivity index (χ4v) is 2.91. The number of aryl methyl sites for hydroxylation is 1. The number of hydrogen-bond acceptors (Lipinski definition) is 5. The van der Waals surface area contributed by atoms with Crippen molar-refractivity contribution in [3.63, 3.8) is 0 Å². The van der Waals surface area contributed by atoms with Gasteiger partial charge in [-0.3, -0.25) is 0 Å². The number of aliphatic hydroxyl groups is 2. The Hall–Kier alpha value is -2.21. The lowest BCUT2D eigenvalue weighted by Crippen LogP contribution is -2.47. The Balaban J connectivity index is 2.07. The monoisotopic (exact) mass is 370 g/mol. The van der Waals surface area contributed by atoms with Crippen LogP contribution in [0.4, 0.5) is 0 Å². The molecule has 5 heteroatoms. The second-order valence-electron chi connectivity index (χ2n) is 6.92. The molecule has 0 atom stereocenters. The zero-order valence-electron chi connectivity index (χ0n) is 16.2. The minimum atomic E-state index is -0.922. The van der Waals surface area contributed by atoms with Crippen LogP contribution in [0.5, 0.6) is 0 Å². The number of nitrogens with zero attached hydrogens (tertiary/aromatic N) is 1. The molecule has 0 saturated carbocycles. The Morgan fingerprint density at radius 2 is 1.56 bits per heavy atom. The maximum Gasteiger partial charge on any atom is 0.106 e. The fourth-order valence-electron chi connectivity index (χ4n) is 2.91. The van der Waals surface area contributed by atoms with E-state index >= 15 is 0 Å². The minimum absolute atomic E-state index is 0.222. The molecule has 0 fully saturated rings. The highest BCUT2D eigenvalue weighted by Crippen LogP contribution is 2.22. The highest BCUT2D eigenvalue weighted by Gasteiger charge is 2.22. The average molecular weight is 370 g/mol. The van der Waals surface area contributed by atoms with E-state index in [1.54, 1.807) is 7.11 Å². The molecule has 0 radical (unpaired) electrons. The SMILES string of the molecule is CCC/C(=N\OC)c1ccc(-c2ccc(CCC(N)(CO)CO)cc2)cc1. The molecule has 0 spiro atoms. The van der Waals surface area contributed by atoms with Crippen molar-refractivity contribution in [2.24, 2.45) is 10.9 Å². The van der Waals surface area contributed by atoms with Gasteiger partial charge in [-0.1, -0.05) is 67.0 Å². The first kappa shape index (κ1) is 21.1. The van der Waals surface area contributed by atoms with Gasteiger partial charge < -0.3 is 20.8 Å². The molecule has 4 N–H and O–H groups in total. The molecule has 27 heavy (non-hydrogen) atoms. The summed E-state index contributed by atoms with van der Waals surface area (Å²) in [5.74, 6) is 0. The Kier molecular flexibility index (Phi) is 7.98. The highest BCUT2D eigenvalue weighted by atomic mass is 16.6. The third-order valence-corrected chi connectivity index (χ3v) is 4.74. The van der Waals surface area contributed by atoms with Crippen LogP contribution < -0.4 is 5.73 Å². The largest absolute Gasteiger partial charge is 0.399 e. The van der Waals surface area contributed by atoms with Gasteiger partial charge in [0.2, 0.25) is 0 Å². The van der Waals surface area contributed by atoms with E-state index in [-0.39, 0.29) is 13.2 Å². The van der Waals surface area contributed by atoms with Crippen molar-refractivity contribution < 1.29 is 15.1 Å². The molecule has 2 aromatic rings. The second kappa shape index (κ2) is 10.2. The Morgan fingerprint density at radius 1 is 1.00 bits per heavy atom. The van der Waals surface area contributed by atoms with Gasteiger partial charge in [0.25, 0.3) is 0 Å².